The lowest BCUT2D eigenvalue weighted by Crippen LogP contribution is -2.59. The minimum Gasteiger partial charge on any atom is -0.488 e. The minimum atomic E-state index is -1.48. The van der Waals surface area contributed by atoms with Gasteiger partial charge in [0.25, 0.3) is 0 Å². The number of hydrogen-bond donors (Lipinski definition) is 3. The Morgan fingerprint density at radius 3 is 2.57 bits per heavy atom. The first kappa shape index (κ1) is 34.0. The fraction of sp³-hybridized carbons (Fsp3) is 0.447. The number of aromatic nitrogens is 1. The van der Waals surface area contributed by atoms with Crippen molar-refractivity contribution in [3.63, 3.8) is 0 Å². The Hall–Kier alpha value is -4.93. The largest absolute Gasteiger partial charge is 0.488 e. The van der Waals surface area contributed by atoms with Gasteiger partial charge in [0.15, 0.2) is 0 Å². The highest BCUT2D eigenvalue weighted by Gasteiger charge is 2.61. The van der Waals surface area contributed by atoms with Gasteiger partial charge in [-0.05, 0) is 55.2 Å². The summed E-state index contributed by atoms with van der Waals surface area (Å²) < 4.78 is 12.2. The average Bonchev–Trinajstić information content (AvgIpc) is 3.63. The molecule has 1 saturated heterocycles. The van der Waals surface area contributed by atoms with Crippen LogP contribution in [0.25, 0.3) is 22.2 Å². The predicted octanol–water partition coefficient (Wildman–Crippen LogP) is 5.26. The number of benzene rings is 2. The van der Waals surface area contributed by atoms with E-state index in [2.05, 4.69) is 29.3 Å². The summed E-state index contributed by atoms with van der Waals surface area (Å²) in [7, 11) is 0. The molecule has 0 radical (unpaired) electrons. The van der Waals surface area contributed by atoms with Crippen LogP contribution >= 0.6 is 0 Å². The van der Waals surface area contributed by atoms with E-state index in [0.717, 1.165) is 47.0 Å². The maximum atomic E-state index is 14.4. The molecule has 2 fully saturated rings. The molecule has 3 heterocycles. The fourth-order valence-electron chi connectivity index (χ4n) is 6.87. The van der Waals surface area contributed by atoms with Gasteiger partial charge in [0, 0.05) is 29.4 Å². The Labute approximate surface area is 286 Å². The summed E-state index contributed by atoms with van der Waals surface area (Å²) in [6.07, 6.45) is 3.73. The van der Waals surface area contributed by atoms with Crippen LogP contribution in [0.3, 0.4) is 0 Å². The first-order chi connectivity index (χ1) is 23.4. The Morgan fingerprint density at radius 1 is 1.10 bits per heavy atom. The van der Waals surface area contributed by atoms with Crippen molar-refractivity contribution in [2.45, 2.75) is 83.0 Å². The van der Waals surface area contributed by atoms with Crippen LogP contribution in [0.4, 0.5) is 4.79 Å². The number of ether oxygens (including phenoxy) is 2. The zero-order valence-electron chi connectivity index (χ0n) is 28.2. The number of nitrogens with one attached hydrogen (secondary N) is 2. The third-order valence-corrected chi connectivity index (χ3v) is 9.79. The number of fused-ring (bicyclic) bond motifs is 3. The van der Waals surface area contributed by atoms with E-state index in [9.17, 15) is 24.3 Å². The monoisotopic (exact) mass is 668 g/mol. The number of alkyl carbamates (subject to hydrolysis) is 1. The second-order valence-electron chi connectivity index (χ2n) is 14.4. The lowest BCUT2D eigenvalue weighted by molar-refractivity contribution is -0.146. The van der Waals surface area contributed by atoms with Crippen molar-refractivity contribution < 1.29 is 33.8 Å². The van der Waals surface area contributed by atoms with Gasteiger partial charge in [-0.1, -0.05) is 63.2 Å². The number of pyridine rings is 1. The smallest absolute Gasteiger partial charge is 0.407 e. The highest BCUT2D eigenvalue weighted by molar-refractivity contribution is 5.96. The van der Waals surface area contributed by atoms with Crippen molar-refractivity contribution in [2.24, 2.45) is 11.3 Å². The maximum absolute atomic E-state index is 14.4. The molecule has 2 aromatic carbocycles. The molecule has 1 saturated carbocycles. The Balaban J connectivity index is 1.40. The topological polar surface area (TPSA) is 147 Å². The second kappa shape index (κ2) is 13.5. The normalized spacial score (nSPS) is 26.1. The third-order valence-electron chi connectivity index (χ3n) is 9.79. The van der Waals surface area contributed by atoms with Crippen molar-refractivity contribution in [2.75, 3.05) is 13.2 Å². The summed E-state index contributed by atoms with van der Waals surface area (Å²) >= 11 is 0. The Kier molecular flexibility index (Phi) is 9.37. The average molecular weight is 669 g/mol. The molecule has 3 aromatic rings. The summed E-state index contributed by atoms with van der Waals surface area (Å²) in [5.74, 6) is -2.09. The summed E-state index contributed by atoms with van der Waals surface area (Å²) in [6.45, 7) is 9.44. The Bertz CT molecular complexity index is 1770. The number of carbonyl (C=O) groups is 4. The molecule has 0 spiro atoms. The first-order valence-corrected chi connectivity index (χ1v) is 17.0. The van der Waals surface area contributed by atoms with Gasteiger partial charge in [0.1, 0.15) is 29.5 Å². The summed E-state index contributed by atoms with van der Waals surface area (Å²) in [4.78, 5) is 59.9. The zero-order valence-corrected chi connectivity index (χ0v) is 28.2. The quantitative estimate of drug-likeness (QED) is 0.312. The number of aryl methyl sites for hydroxylation is 1. The molecular weight excluding hydrogens is 624 g/mol. The summed E-state index contributed by atoms with van der Waals surface area (Å²) in [5.41, 5.74) is 1.28. The Morgan fingerprint density at radius 2 is 1.88 bits per heavy atom. The summed E-state index contributed by atoms with van der Waals surface area (Å²) in [6, 6.07) is 15.7. The lowest BCUT2D eigenvalue weighted by atomic mass is 9.85. The van der Waals surface area contributed by atoms with Gasteiger partial charge in [-0.25, -0.2) is 14.6 Å². The van der Waals surface area contributed by atoms with Gasteiger partial charge >= 0.3 is 12.1 Å². The maximum Gasteiger partial charge on any atom is 0.407 e. The lowest BCUT2D eigenvalue weighted by Gasteiger charge is -2.35. The molecule has 6 rings (SSSR count). The van der Waals surface area contributed by atoms with E-state index in [0.29, 0.717) is 12.2 Å². The van der Waals surface area contributed by atoms with Crippen LogP contribution in [0.15, 0.2) is 67.3 Å². The van der Waals surface area contributed by atoms with Crippen molar-refractivity contribution in [1.29, 1.82) is 0 Å². The number of amides is 3. The van der Waals surface area contributed by atoms with Gasteiger partial charge in [0.2, 0.25) is 11.8 Å². The van der Waals surface area contributed by atoms with E-state index in [1.54, 1.807) is 0 Å². The number of hydrogen-bond acceptors (Lipinski definition) is 7. The number of carboxylic acids is 1. The van der Waals surface area contributed by atoms with Gasteiger partial charge in [-0.15, -0.1) is 6.58 Å². The molecule has 3 amide bonds. The molecule has 4 bridgehead atoms. The van der Waals surface area contributed by atoms with E-state index >= 15 is 0 Å². The number of aliphatic carboxylic acids is 1. The van der Waals surface area contributed by atoms with Gasteiger partial charge in [-0.3, -0.25) is 9.59 Å². The second-order valence-corrected chi connectivity index (χ2v) is 14.4. The molecule has 49 heavy (non-hydrogen) atoms. The standard InChI is InChI=1S/C38H44N4O7/c1-5-25-21-38(25,35(45)46)41-33(43)30-19-26-22-42(30)34(44)32(37(2,3)4)40-36(47)48-17-11-7-8-12-23-15-16-28-27(18-23)31(49-26)20-29(39-28)24-13-9-6-10-14-24/h5-6,9-10,13-16,18,20,25-26,30,32H,1,7-8,11-12,17,19,21-22H2,2-4H3,(H,40,47)(H,41,43)(H,45,46)/t25-,26+,30+,32-,38-/m1/s1. The molecule has 1 aliphatic carbocycles. The number of cyclic esters (lactones) is 1. The van der Waals surface area contributed by atoms with E-state index < -0.39 is 58.9 Å². The van der Waals surface area contributed by atoms with Gasteiger partial charge in [0.05, 0.1) is 24.4 Å². The highest BCUT2D eigenvalue weighted by Crippen LogP contribution is 2.45. The first-order valence-electron chi connectivity index (χ1n) is 17.0. The van der Waals surface area contributed by atoms with Crippen LogP contribution in [0.5, 0.6) is 5.75 Å². The molecule has 2 aliphatic heterocycles. The molecule has 11 nitrogen and oxygen atoms in total. The molecule has 0 unspecified atom stereocenters. The van der Waals surface area contributed by atoms with Gasteiger partial charge in [-0.2, -0.15) is 0 Å². The predicted molar refractivity (Wildman–Crippen MR) is 184 cm³/mol. The van der Waals surface area contributed by atoms with Crippen LogP contribution in [0.2, 0.25) is 0 Å². The van der Waals surface area contributed by atoms with E-state index in [1.165, 1.54) is 11.0 Å². The molecule has 3 aliphatic rings. The molecule has 1 aromatic heterocycles. The third kappa shape index (κ3) is 7.11. The van der Waals surface area contributed by atoms with Gasteiger partial charge < -0.3 is 30.1 Å². The molecule has 5 atom stereocenters. The number of carboxylic acid groups (broad SMARTS) is 1. The van der Waals surface area contributed by atoms with Crippen LogP contribution in [-0.4, -0.2) is 75.7 Å². The number of carbonyl (C=O) groups excluding carboxylic acids is 3. The molecule has 258 valence electrons. The highest BCUT2D eigenvalue weighted by atomic mass is 16.5. The van der Waals surface area contributed by atoms with Crippen molar-refractivity contribution in [3.8, 4) is 17.0 Å². The zero-order chi connectivity index (χ0) is 34.9. The van der Waals surface area contributed by atoms with E-state index in [-0.39, 0.29) is 26.0 Å². The van der Waals surface area contributed by atoms with E-state index in [4.69, 9.17) is 14.5 Å². The van der Waals surface area contributed by atoms with Crippen molar-refractivity contribution in [1.82, 2.24) is 20.5 Å². The van der Waals surface area contributed by atoms with Crippen LogP contribution < -0.4 is 15.4 Å². The summed E-state index contributed by atoms with van der Waals surface area (Å²) in [5, 5.41) is 16.3. The van der Waals surface area contributed by atoms with Crippen molar-refractivity contribution in [3.05, 3.63) is 72.8 Å². The molecular formula is C38H44N4O7. The van der Waals surface area contributed by atoms with Crippen LogP contribution in [0.1, 0.15) is 58.4 Å². The number of rotatable bonds is 5. The van der Waals surface area contributed by atoms with Crippen LogP contribution in [0, 0.1) is 11.3 Å². The molecule has 11 heteroatoms. The minimum absolute atomic E-state index is 0.0371. The fourth-order valence-corrected chi connectivity index (χ4v) is 6.87. The number of nitrogens with zero attached hydrogens (tertiary/aromatic N) is 2. The molecule has 3 N–H and O–H groups in total. The SMILES string of the molecule is C=C[C@@H]1C[C@]1(NC(=O)[C@@H]1C[C@H]2CN1C(=O)[C@H](C(C)(C)C)NC(=O)OCCCCCc1ccc3nc(-c4ccccc4)cc(c3c1)O2)C(=O)O. The van der Waals surface area contributed by atoms with Crippen LogP contribution in [-0.2, 0) is 25.5 Å². The van der Waals surface area contributed by atoms with Crippen molar-refractivity contribution >= 4 is 34.8 Å². The van der Waals surface area contributed by atoms with E-state index in [1.807, 2.05) is 63.2 Å².